The third kappa shape index (κ3) is 3.96. The Kier molecular flexibility index (Phi) is 5.16. The second-order valence-corrected chi connectivity index (χ2v) is 7.44. The number of para-hydroxylation sites is 1. The largest absolute Gasteiger partial charge is 0.481 e. The molecule has 0 aliphatic heterocycles. The molecule has 0 unspecified atom stereocenters. The molecule has 0 heterocycles. The van der Waals surface area contributed by atoms with Crippen LogP contribution in [0.3, 0.4) is 0 Å². The van der Waals surface area contributed by atoms with Crippen LogP contribution in [0.1, 0.15) is 27.2 Å². The van der Waals surface area contributed by atoms with E-state index in [1.54, 1.807) is 45.0 Å². The molecule has 0 bridgehead atoms. The lowest BCUT2D eigenvalue weighted by Gasteiger charge is -2.21. The van der Waals surface area contributed by atoms with Crippen LogP contribution in [0, 0.1) is 5.41 Å². The number of sulfone groups is 1. The summed E-state index contributed by atoms with van der Waals surface area (Å²) in [6.45, 7) is 5.14. The van der Waals surface area contributed by atoms with Crippen molar-refractivity contribution >= 4 is 21.5 Å². The van der Waals surface area contributed by atoms with Crippen LogP contribution in [0.2, 0.25) is 0 Å². The van der Waals surface area contributed by atoms with Crippen LogP contribution in [-0.4, -0.2) is 31.8 Å². The van der Waals surface area contributed by atoms with Crippen molar-refractivity contribution in [2.75, 3.05) is 17.6 Å². The van der Waals surface area contributed by atoms with Crippen LogP contribution in [0.25, 0.3) is 0 Å². The van der Waals surface area contributed by atoms with Gasteiger partial charge in [0, 0.05) is 6.54 Å². The summed E-state index contributed by atoms with van der Waals surface area (Å²) in [7, 11) is -3.34. The first-order valence-electron chi connectivity index (χ1n) is 6.50. The maximum Gasteiger partial charge on any atom is 0.310 e. The molecule has 0 atom stereocenters. The van der Waals surface area contributed by atoms with E-state index in [1.807, 2.05) is 0 Å². The molecule has 6 heteroatoms. The number of nitrogens with one attached hydrogen (secondary N) is 1. The maximum atomic E-state index is 12.2. The van der Waals surface area contributed by atoms with Gasteiger partial charge in [-0.2, -0.15) is 0 Å². The Labute approximate surface area is 119 Å². The number of carbonyl (C=O) groups is 1. The van der Waals surface area contributed by atoms with Crippen LogP contribution in [-0.2, 0) is 14.6 Å². The average Bonchev–Trinajstić information content (AvgIpc) is 2.36. The molecular formula is C14H21NO4S. The van der Waals surface area contributed by atoms with Crippen LogP contribution < -0.4 is 5.32 Å². The molecule has 0 aliphatic rings. The number of hydrogen-bond acceptors (Lipinski definition) is 4. The van der Waals surface area contributed by atoms with Gasteiger partial charge in [-0.15, -0.1) is 0 Å². The van der Waals surface area contributed by atoms with E-state index in [1.165, 1.54) is 0 Å². The maximum absolute atomic E-state index is 12.2. The molecule has 2 N–H and O–H groups in total. The van der Waals surface area contributed by atoms with E-state index in [4.69, 9.17) is 5.11 Å². The lowest BCUT2D eigenvalue weighted by Crippen LogP contribution is -2.32. The van der Waals surface area contributed by atoms with Gasteiger partial charge in [-0.3, -0.25) is 4.79 Å². The van der Waals surface area contributed by atoms with Crippen molar-refractivity contribution in [3.63, 3.8) is 0 Å². The molecule has 0 aromatic heterocycles. The number of carboxylic acids is 1. The van der Waals surface area contributed by atoms with Crippen molar-refractivity contribution in [2.24, 2.45) is 5.41 Å². The van der Waals surface area contributed by atoms with E-state index in [2.05, 4.69) is 5.32 Å². The van der Waals surface area contributed by atoms with Crippen LogP contribution in [0.15, 0.2) is 29.2 Å². The topological polar surface area (TPSA) is 83.5 Å². The standard InChI is InChI=1S/C14H21NO4S/c1-4-9-20(18,19)12-8-6-5-7-11(12)15-10-14(2,3)13(16)17/h5-8,15H,4,9-10H2,1-3H3,(H,16,17). The SMILES string of the molecule is CCCS(=O)(=O)c1ccccc1NCC(C)(C)C(=O)O. The first-order valence-corrected chi connectivity index (χ1v) is 8.15. The fourth-order valence-corrected chi connectivity index (χ4v) is 3.17. The Balaban J connectivity index is 3.01. The number of hydrogen-bond donors (Lipinski definition) is 2. The Morgan fingerprint density at radius 3 is 2.45 bits per heavy atom. The molecule has 1 aromatic rings. The summed E-state index contributed by atoms with van der Waals surface area (Å²) >= 11 is 0. The summed E-state index contributed by atoms with van der Waals surface area (Å²) in [5.74, 6) is -0.854. The lowest BCUT2D eigenvalue weighted by molar-refractivity contribution is -0.146. The number of anilines is 1. The molecule has 0 spiro atoms. The normalized spacial score (nSPS) is 12.2. The number of aliphatic carboxylic acids is 1. The molecule has 1 rings (SSSR count). The highest BCUT2D eigenvalue weighted by molar-refractivity contribution is 7.91. The molecule has 0 aliphatic carbocycles. The first kappa shape index (κ1) is 16.5. The Hall–Kier alpha value is -1.56. The first-order chi connectivity index (χ1) is 9.20. The summed E-state index contributed by atoms with van der Waals surface area (Å²) in [4.78, 5) is 11.3. The van der Waals surface area contributed by atoms with Gasteiger partial charge in [-0.25, -0.2) is 8.42 Å². The highest BCUT2D eigenvalue weighted by Crippen LogP contribution is 2.24. The third-order valence-electron chi connectivity index (χ3n) is 2.99. The molecule has 0 amide bonds. The second kappa shape index (κ2) is 6.26. The predicted octanol–water partition coefficient (Wildman–Crippen LogP) is 2.39. The zero-order valence-corrected chi connectivity index (χ0v) is 12.8. The number of benzene rings is 1. The molecule has 0 radical (unpaired) electrons. The van der Waals surface area contributed by atoms with E-state index in [0.717, 1.165) is 0 Å². The van der Waals surface area contributed by atoms with E-state index >= 15 is 0 Å². The van der Waals surface area contributed by atoms with Gasteiger partial charge in [0.1, 0.15) is 0 Å². The van der Waals surface area contributed by atoms with Crippen LogP contribution in [0.5, 0.6) is 0 Å². The van der Waals surface area contributed by atoms with Crippen molar-refractivity contribution in [1.29, 1.82) is 0 Å². The van der Waals surface area contributed by atoms with Crippen LogP contribution in [0.4, 0.5) is 5.69 Å². The van der Waals surface area contributed by atoms with E-state index < -0.39 is 21.2 Å². The third-order valence-corrected chi connectivity index (χ3v) is 4.97. The van der Waals surface area contributed by atoms with E-state index in [-0.39, 0.29) is 17.2 Å². The van der Waals surface area contributed by atoms with Gasteiger partial charge in [-0.1, -0.05) is 19.1 Å². The van der Waals surface area contributed by atoms with Crippen molar-refractivity contribution < 1.29 is 18.3 Å². The minimum absolute atomic E-state index is 0.0774. The van der Waals surface area contributed by atoms with Crippen LogP contribution >= 0.6 is 0 Å². The highest BCUT2D eigenvalue weighted by Gasteiger charge is 2.27. The fourth-order valence-electron chi connectivity index (χ4n) is 1.65. The zero-order valence-electron chi connectivity index (χ0n) is 12.0. The minimum Gasteiger partial charge on any atom is -0.481 e. The van der Waals surface area contributed by atoms with Gasteiger partial charge < -0.3 is 10.4 Å². The number of rotatable bonds is 7. The summed E-state index contributed by atoms with van der Waals surface area (Å²) in [6, 6.07) is 6.58. The zero-order chi connectivity index (χ0) is 15.4. The average molecular weight is 299 g/mol. The predicted molar refractivity (Wildman–Crippen MR) is 78.7 cm³/mol. The summed E-state index contributed by atoms with van der Waals surface area (Å²) < 4.78 is 24.3. The van der Waals surface area contributed by atoms with Crippen molar-refractivity contribution in [1.82, 2.24) is 0 Å². The Morgan fingerprint density at radius 1 is 1.30 bits per heavy atom. The summed E-state index contributed by atoms with van der Waals surface area (Å²) in [5.41, 5.74) is -0.517. The van der Waals surface area contributed by atoms with Gasteiger partial charge in [0.05, 0.1) is 21.8 Å². The molecule has 20 heavy (non-hydrogen) atoms. The van der Waals surface area contributed by atoms with Gasteiger partial charge in [0.15, 0.2) is 9.84 Å². The molecule has 0 saturated carbocycles. The van der Waals surface area contributed by atoms with Gasteiger partial charge in [0.25, 0.3) is 0 Å². The van der Waals surface area contributed by atoms with E-state index in [9.17, 15) is 13.2 Å². The molecule has 0 fully saturated rings. The summed E-state index contributed by atoms with van der Waals surface area (Å²) in [5, 5.41) is 12.0. The van der Waals surface area contributed by atoms with Gasteiger partial charge in [0.2, 0.25) is 0 Å². The van der Waals surface area contributed by atoms with E-state index in [0.29, 0.717) is 12.1 Å². The summed E-state index contributed by atoms with van der Waals surface area (Å²) in [6.07, 6.45) is 0.539. The van der Waals surface area contributed by atoms with Gasteiger partial charge >= 0.3 is 5.97 Å². The molecule has 5 nitrogen and oxygen atoms in total. The monoisotopic (exact) mass is 299 g/mol. The minimum atomic E-state index is -3.34. The van der Waals surface area contributed by atoms with Crippen molar-refractivity contribution in [3.8, 4) is 0 Å². The van der Waals surface area contributed by atoms with Crippen molar-refractivity contribution in [2.45, 2.75) is 32.1 Å². The molecule has 0 saturated heterocycles. The highest BCUT2D eigenvalue weighted by atomic mass is 32.2. The fraction of sp³-hybridized carbons (Fsp3) is 0.500. The quantitative estimate of drug-likeness (QED) is 0.807. The Bertz CT molecular complexity index is 579. The molecule has 112 valence electrons. The van der Waals surface area contributed by atoms with Gasteiger partial charge in [-0.05, 0) is 32.4 Å². The second-order valence-electron chi connectivity index (χ2n) is 5.36. The number of carboxylic acid groups (broad SMARTS) is 1. The lowest BCUT2D eigenvalue weighted by atomic mass is 9.94. The Morgan fingerprint density at radius 2 is 1.90 bits per heavy atom. The molecule has 1 aromatic carbocycles. The van der Waals surface area contributed by atoms with Crippen molar-refractivity contribution in [3.05, 3.63) is 24.3 Å². The molecular weight excluding hydrogens is 278 g/mol. The smallest absolute Gasteiger partial charge is 0.310 e.